The summed E-state index contributed by atoms with van der Waals surface area (Å²) in [6.45, 7) is 0.590. The smallest absolute Gasteiger partial charge is 0.329 e. The number of nitrogens with one attached hydrogen (secondary N) is 1. The lowest BCUT2D eigenvalue weighted by molar-refractivity contribution is -0.149. The Morgan fingerprint density at radius 1 is 1.25 bits per heavy atom. The van der Waals surface area contributed by atoms with Gasteiger partial charge in [0.2, 0.25) is 0 Å². The molecule has 0 spiro atoms. The van der Waals surface area contributed by atoms with Crippen LogP contribution in [0.4, 0.5) is 10.8 Å². The Hall–Kier alpha value is -3.13. The van der Waals surface area contributed by atoms with Crippen LogP contribution in [0.5, 0.6) is 0 Å². The van der Waals surface area contributed by atoms with Gasteiger partial charge < -0.3 is 19.4 Å². The van der Waals surface area contributed by atoms with Gasteiger partial charge >= 0.3 is 5.97 Å². The average molecular weight is 397 g/mol. The molecule has 4 rings (SSSR count). The molecule has 1 aliphatic rings. The molecular weight excluding hydrogens is 378 g/mol. The van der Waals surface area contributed by atoms with Crippen molar-refractivity contribution >= 4 is 34.0 Å². The Labute approximate surface area is 165 Å². The number of para-hydroxylation sites is 1. The predicted octanol–water partition coefficient (Wildman–Crippen LogP) is 3.83. The highest BCUT2D eigenvalue weighted by Crippen LogP contribution is 2.23. The molecule has 8 heteroatoms. The minimum atomic E-state index is -0.585. The summed E-state index contributed by atoms with van der Waals surface area (Å²) in [4.78, 5) is 30.9. The van der Waals surface area contributed by atoms with E-state index in [1.54, 1.807) is 12.1 Å². The third kappa shape index (κ3) is 4.07. The molecule has 1 aliphatic heterocycles. The first-order chi connectivity index (χ1) is 13.7. The number of esters is 1. The van der Waals surface area contributed by atoms with Gasteiger partial charge in [-0.25, -0.2) is 9.78 Å². The van der Waals surface area contributed by atoms with Crippen molar-refractivity contribution < 1.29 is 18.7 Å². The topological polar surface area (TPSA) is 84.7 Å². The van der Waals surface area contributed by atoms with Crippen LogP contribution in [-0.2, 0) is 16.1 Å². The van der Waals surface area contributed by atoms with Crippen LogP contribution in [0.25, 0.3) is 0 Å². The van der Waals surface area contributed by atoms with Crippen LogP contribution in [-0.4, -0.2) is 34.3 Å². The highest BCUT2D eigenvalue weighted by atomic mass is 32.1. The molecule has 2 aromatic heterocycles. The first-order valence-corrected chi connectivity index (χ1v) is 9.86. The number of hydrogen-bond acceptors (Lipinski definition) is 7. The van der Waals surface area contributed by atoms with Gasteiger partial charge in [0.05, 0.1) is 12.0 Å². The molecule has 1 N–H and O–H groups in total. The molecule has 1 aromatic carbocycles. The van der Waals surface area contributed by atoms with Crippen LogP contribution in [0, 0.1) is 0 Å². The number of ether oxygens (including phenoxy) is 1. The van der Waals surface area contributed by atoms with Crippen molar-refractivity contribution in [2.24, 2.45) is 0 Å². The molecule has 0 radical (unpaired) electrons. The quantitative estimate of drug-likeness (QED) is 0.637. The van der Waals surface area contributed by atoms with Gasteiger partial charge in [-0.05, 0) is 37.1 Å². The highest BCUT2D eigenvalue weighted by molar-refractivity contribution is 7.13. The summed E-state index contributed by atoms with van der Waals surface area (Å²) in [7, 11) is 0. The number of thiazole rings is 1. The number of likely N-dealkylation sites (tertiary alicyclic amines) is 1. The standard InChI is InChI=1S/C20H19N3O4S/c24-18(17-9-5-11-26-17)23-10-4-8-16(23)19(25)27-12-15-13-28-20(22-15)21-14-6-2-1-3-7-14/h1-3,5-7,9,11,13,16H,4,8,10,12H2,(H,21,22)/t16-/m0/s1. The number of anilines is 2. The second kappa shape index (κ2) is 8.26. The maximum atomic E-state index is 12.5. The van der Waals surface area contributed by atoms with E-state index in [0.717, 1.165) is 17.2 Å². The molecule has 144 valence electrons. The Balaban J connectivity index is 1.33. The summed E-state index contributed by atoms with van der Waals surface area (Å²) >= 11 is 1.44. The van der Waals surface area contributed by atoms with Gasteiger partial charge in [0.15, 0.2) is 10.9 Å². The number of rotatable bonds is 6. The molecule has 0 aliphatic carbocycles. The summed E-state index contributed by atoms with van der Waals surface area (Å²) in [5, 5.41) is 5.78. The number of benzene rings is 1. The van der Waals surface area contributed by atoms with Crippen LogP contribution in [0.3, 0.4) is 0 Å². The van der Waals surface area contributed by atoms with Gasteiger partial charge in [-0.1, -0.05) is 18.2 Å². The number of aromatic nitrogens is 1. The van der Waals surface area contributed by atoms with Gasteiger partial charge in [-0.15, -0.1) is 11.3 Å². The minimum absolute atomic E-state index is 0.0745. The van der Waals surface area contributed by atoms with E-state index >= 15 is 0 Å². The van der Waals surface area contributed by atoms with Gasteiger partial charge in [0.25, 0.3) is 5.91 Å². The molecule has 3 heterocycles. The van der Waals surface area contributed by atoms with Gasteiger partial charge in [-0.3, -0.25) is 4.79 Å². The largest absolute Gasteiger partial charge is 0.459 e. The van der Waals surface area contributed by atoms with Crippen molar-refractivity contribution in [1.29, 1.82) is 0 Å². The van der Waals surface area contributed by atoms with E-state index in [1.165, 1.54) is 22.5 Å². The zero-order valence-corrected chi connectivity index (χ0v) is 15.9. The first kappa shape index (κ1) is 18.2. The molecule has 1 saturated heterocycles. The summed E-state index contributed by atoms with van der Waals surface area (Å²) in [6.07, 6.45) is 2.79. The Kier molecular flexibility index (Phi) is 5.38. The van der Waals surface area contributed by atoms with E-state index in [-0.39, 0.29) is 18.3 Å². The number of amides is 1. The molecule has 0 saturated carbocycles. The second-order valence-electron chi connectivity index (χ2n) is 6.38. The number of furan rings is 1. The van der Waals surface area contributed by atoms with E-state index < -0.39 is 12.0 Å². The van der Waals surface area contributed by atoms with E-state index in [2.05, 4.69) is 10.3 Å². The van der Waals surface area contributed by atoms with E-state index in [9.17, 15) is 9.59 Å². The van der Waals surface area contributed by atoms with Crippen molar-refractivity contribution in [3.05, 3.63) is 65.6 Å². The monoisotopic (exact) mass is 397 g/mol. The molecule has 1 atom stereocenters. The maximum absolute atomic E-state index is 12.5. The fourth-order valence-electron chi connectivity index (χ4n) is 3.11. The van der Waals surface area contributed by atoms with Crippen molar-refractivity contribution in [2.45, 2.75) is 25.5 Å². The molecule has 0 unspecified atom stereocenters. The van der Waals surface area contributed by atoms with E-state index in [4.69, 9.17) is 9.15 Å². The lowest BCUT2D eigenvalue weighted by Crippen LogP contribution is -2.41. The molecular formula is C20H19N3O4S. The molecule has 1 amide bonds. The van der Waals surface area contributed by atoms with Crippen LogP contribution in [0.15, 0.2) is 58.5 Å². The van der Waals surface area contributed by atoms with Gasteiger partial charge in [-0.2, -0.15) is 0 Å². The van der Waals surface area contributed by atoms with Gasteiger partial charge in [0.1, 0.15) is 12.6 Å². The molecule has 3 aromatic rings. The Morgan fingerprint density at radius 3 is 2.89 bits per heavy atom. The maximum Gasteiger partial charge on any atom is 0.329 e. The summed E-state index contributed by atoms with van der Waals surface area (Å²) in [5.74, 6) is -0.466. The summed E-state index contributed by atoms with van der Waals surface area (Å²) in [5.41, 5.74) is 1.61. The average Bonchev–Trinajstić information content (AvgIpc) is 3.48. The van der Waals surface area contributed by atoms with Crippen LogP contribution in [0.2, 0.25) is 0 Å². The second-order valence-corrected chi connectivity index (χ2v) is 7.23. The third-order valence-corrected chi connectivity index (χ3v) is 5.26. The number of carbonyl (C=O) groups excluding carboxylic acids is 2. The molecule has 28 heavy (non-hydrogen) atoms. The molecule has 1 fully saturated rings. The molecule has 7 nitrogen and oxygen atoms in total. The van der Waals surface area contributed by atoms with E-state index in [0.29, 0.717) is 18.7 Å². The van der Waals surface area contributed by atoms with Crippen molar-refractivity contribution in [3.8, 4) is 0 Å². The predicted molar refractivity (Wildman–Crippen MR) is 104 cm³/mol. The van der Waals surface area contributed by atoms with Crippen LogP contribution in [0.1, 0.15) is 29.1 Å². The fraction of sp³-hybridized carbons (Fsp3) is 0.250. The van der Waals surface area contributed by atoms with Gasteiger partial charge in [0, 0.05) is 17.6 Å². The Morgan fingerprint density at radius 2 is 2.11 bits per heavy atom. The lowest BCUT2D eigenvalue weighted by Gasteiger charge is -2.22. The minimum Gasteiger partial charge on any atom is -0.459 e. The number of hydrogen-bond donors (Lipinski definition) is 1. The number of carbonyl (C=O) groups is 2. The normalized spacial score (nSPS) is 16.1. The van der Waals surface area contributed by atoms with Crippen molar-refractivity contribution in [1.82, 2.24) is 9.88 Å². The lowest BCUT2D eigenvalue weighted by atomic mass is 10.2. The zero-order valence-electron chi connectivity index (χ0n) is 15.0. The number of nitrogens with zero attached hydrogens (tertiary/aromatic N) is 2. The summed E-state index contributed by atoms with van der Waals surface area (Å²) < 4.78 is 10.6. The highest BCUT2D eigenvalue weighted by Gasteiger charge is 2.36. The van der Waals surface area contributed by atoms with Crippen LogP contribution >= 0.6 is 11.3 Å². The van der Waals surface area contributed by atoms with Crippen molar-refractivity contribution in [2.75, 3.05) is 11.9 Å². The zero-order chi connectivity index (χ0) is 19.3. The third-order valence-electron chi connectivity index (χ3n) is 4.46. The summed E-state index contributed by atoms with van der Waals surface area (Å²) in [6, 6.07) is 12.4. The fourth-order valence-corrected chi connectivity index (χ4v) is 3.83. The van der Waals surface area contributed by atoms with E-state index in [1.807, 2.05) is 35.7 Å². The Bertz CT molecular complexity index is 940. The first-order valence-electron chi connectivity index (χ1n) is 8.98. The molecule has 0 bridgehead atoms. The van der Waals surface area contributed by atoms with Crippen LogP contribution < -0.4 is 5.32 Å². The van der Waals surface area contributed by atoms with Crippen molar-refractivity contribution in [3.63, 3.8) is 0 Å². The SMILES string of the molecule is O=C(OCc1csc(Nc2ccccc2)n1)[C@@H]1CCCN1C(=O)c1ccco1.